The molecule has 1 aromatic carbocycles. The van der Waals surface area contributed by atoms with Gasteiger partial charge < -0.3 is 10.2 Å². The lowest BCUT2D eigenvalue weighted by molar-refractivity contribution is -0.384. The first kappa shape index (κ1) is 16.9. The van der Waals surface area contributed by atoms with Gasteiger partial charge in [-0.2, -0.15) is 0 Å². The van der Waals surface area contributed by atoms with Crippen molar-refractivity contribution in [1.29, 1.82) is 0 Å². The standard InChI is InChI=1S/C14H18N2O5/c1-9(7-10(2)18)15-13(8-17)14(19)11-3-5-12(6-4-11)16(20)21/h3-6,13-14,17,19H,7-8H2,1-2H3/t13-,14+/m0/s1. The summed E-state index contributed by atoms with van der Waals surface area (Å²) in [4.78, 5) is 25.2. The van der Waals surface area contributed by atoms with Crippen molar-refractivity contribution < 1.29 is 19.9 Å². The molecule has 0 amide bonds. The van der Waals surface area contributed by atoms with Crippen LogP contribution in [-0.2, 0) is 4.79 Å². The second-order valence-electron chi connectivity index (χ2n) is 4.79. The summed E-state index contributed by atoms with van der Waals surface area (Å²) in [6.45, 7) is 2.68. The maximum atomic E-state index is 11.0. The van der Waals surface area contributed by atoms with Gasteiger partial charge in [0.2, 0.25) is 0 Å². The second-order valence-corrected chi connectivity index (χ2v) is 4.79. The maximum absolute atomic E-state index is 11.0. The molecule has 7 heteroatoms. The number of hydrogen-bond acceptors (Lipinski definition) is 6. The molecule has 2 N–H and O–H groups in total. The molecule has 0 aliphatic rings. The fourth-order valence-corrected chi connectivity index (χ4v) is 1.92. The van der Waals surface area contributed by atoms with Gasteiger partial charge in [-0.05, 0) is 31.5 Å². The number of carbonyl (C=O) groups is 1. The molecule has 7 nitrogen and oxygen atoms in total. The van der Waals surface area contributed by atoms with Crippen LogP contribution in [0.3, 0.4) is 0 Å². The second kappa shape index (κ2) is 7.61. The highest BCUT2D eigenvalue weighted by atomic mass is 16.6. The predicted molar refractivity (Wildman–Crippen MR) is 77.3 cm³/mol. The van der Waals surface area contributed by atoms with E-state index in [1.165, 1.54) is 31.2 Å². The van der Waals surface area contributed by atoms with Gasteiger partial charge in [0.15, 0.2) is 0 Å². The van der Waals surface area contributed by atoms with E-state index in [0.29, 0.717) is 11.3 Å². The minimum Gasteiger partial charge on any atom is -0.394 e. The summed E-state index contributed by atoms with van der Waals surface area (Å²) < 4.78 is 0. The lowest BCUT2D eigenvalue weighted by Gasteiger charge is -2.18. The Balaban J connectivity index is 2.90. The highest BCUT2D eigenvalue weighted by Gasteiger charge is 2.20. The smallest absolute Gasteiger partial charge is 0.269 e. The maximum Gasteiger partial charge on any atom is 0.269 e. The van der Waals surface area contributed by atoms with Gasteiger partial charge in [-0.1, -0.05) is 0 Å². The number of Topliss-reactive ketones (excluding diaryl/α,β-unsaturated/α-hetero) is 1. The summed E-state index contributed by atoms with van der Waals surface area (Å²) in [5.74, 6) is -0.0576. The number of aliphatic imine (C=N–C) groups is 1. The Morgan fingerprint density at radius 3 is 2.33 bits per heavy atom. The van der Waals surface area contributed by atoms with Crippen LogP contribution < -0.4 is 0 Å². The number of carbonyl (C=O) groups excluding carboxylic acids is 1. The van der Waals surface area contributed by atoms with Crippen LogP contribution in [0.5, 0.6) is 0 Å². The molecule has 0 aromatic heterocycles. The van der Waals surface area contributed by atoms with Crippen molar-refractivity contribution in [1.82, 2.24) is 0 Å². The van der Waals surface area contributed by atoms with Crippen molar-refractivity contribution in [2.24, 2.45) is 4.99 Å². The van der Waals surface area contributed by atoms with Crippen molar-refractivity contribution in [3.63, 3.8) is 0 Å². The predicted octanol–water partition coefficient (Wildman–Crippen LogP) is 1.43. The van der Waals surface area contributed by atoms with Crippen LogP contribution in [0.25, 0.3) is 0 Å². The number of hydrogen-bond donors (Lipinski definition) is 2. The zero-order valence-electron chi connectivity index (χ0n) is 11.9. The molecule has 0 unspecified atom stereocenters. The molecule has 114 valence electrons. The number of ketones is 1. The largest absolute Gasteiger partial charge is 0.394 e. The first-order valence-electron chi connectivity index (χ1n) is 6.41. The Morgan fingerprint density at radius 2 is 1.90 bits per heavy atom. The summed E-state index contributed by atoms with van der Waals surface area (Å²) in [5.41, 5.74) is 0.851. The van der Waals surface area contributed by atoms with Crippen molar-refractivity contribution in [3.05, 3.63) is 39.9 Å². The zero-order chi connectivity index (χ0) is 16.0. The van der Waals surface area contributed by atoms with Crippen LogP contribution in [0.4, 0.5) is 5.69 Å². The molecule has 1 aromatic rings. The number of benzene rings is 1. The molecular formula is C14H18N2O5. The molecule has 0 fully saturated rings. The third-order valence-corrected chi connectivity index (χ3v) is 2.89. The van der Waals surface area contributed by atoms with Crippen LogP contribution in [-0.4, -0.2) is 39.3 Å². The van der Waals surface area contributed by atoms with Gasteiger partial charge in [0.25, 0.3) is 5.69 Å². The number of aliphatic hydroxyl groups excluding tert-OH is 2. The molecule has 0 saturated heterocycles. The van der Waals surface area contributed by atoms with Crippen LogP contribution in [0.1, 0.15) is 31.9 Å². The average Bonchev–Trinajstić information content (AvgIpc) is 2.43. The van der Waals surface area contributed by atoms with E-state index < -0.39 is 23.7 Å². The van der Waals surface area contributed by atoms with Crippen molar-refractivity contribution in [2.75, 3.05) is 6.61 Å². The molecule has 0 aliphatic heterocycles. The highest BCUT2D eigenvalue weighted by Crippen LogP contribution is 2.22. The summed E-state index contributed by atoms with van der Waals surface area (Å²) in [6, 6.07) is 4.58. The molecule has 0 spiro atoms. The molecule has 1 rings (SSSR count). The summed E-state index contributed by atoms with van der Waals surface area (Å²) >= 11 is 0. The van der Waals surface area contributed by atoms with Crippen LogP contribution >= 0.6 is 0 Å². The number of aliphatic hydroxyl groups is 2. The molecule has 0 heterocycles. The summed E-state index contributed by atoms with van der Waals surface area (Å²) in [5, 5.41) is 30.1. The lowest BCUT2D eigenvalue weighted by Crippen LogP contribution is -2.22. The van der Waals surface area contributed by atoms with Crippen molar-refractivity contribution >= 4 is 17.2 Å². The topological polar surface area (TPSA) is 113 Å². The number of nitro groups is 1. The number of nitro benzene ring substituents is 1. The Hall–Kier alpha value is -2.12. The van der Waals surface area contributed by atoms with Crippen LogP contribution in [0, 0.1) is 10.1 Å². The third-order valence-electron chi connectivity index (χ3n) is 2.89. The van der Waals surface area contributed by atoms with E-state index in [9.17, 15) is 25.1 Å². The van der Waals surface area contributed by atoms with E-state index in [1.807, 2.05) is 0 Å². The Bertz CT molecular complexity index is 539. The zero-order valence-corrected chi connectivity index (χ0v) is 11.9. The van der Waals surface area contributed by atoms with Gasteiger partial charge in [0.1, 0.15) is 17.9 Å². The van der Waals surface area contributed by atoms with E-state index in [1.54, 1.807) is 6.92 Å². The number of rotatable bonds is 7. The number of non-ortho nitro benzene ring substituents is 1. The molecule has 0 bridgehead atoms. The Labute approximate surface area is 122 Å². The van der Waals surface area contributed by atoms with E-state index in [2.05, 4.69) is 4.99 Å². The van der Waals surface area contributed by atoms with Gasteiger partial charge in [-0.15, -0.1) is 0 Å². The van der Waals surface area contributed by atoms with Crippen molar-refractivity contribution in [2.45, 2.75) is 32.4 Å². The fraction of sp³-hybridized carbons (Fsp3) is 0.429. The minimum absolute atomic E-state index is 0.0576. The first-order valence-corrected chi connectivity index (χ1v) is 6.41. The molecule has 0 radical (unpaired) electrons. The van der Waals surface area contributed by atoms with Gasteiger partial charge in [-0.3, -0.25) is 19.9 Å². The monoisotopic (exact) mass is 294 g/mol. The molecule has 21 heavy (non-hydrogen) atoms. The fourth-order valence-electron chi connectivity index (χ4n) is 1.92. The number of nitrogens with zero attached hydrogens (tertiary/aromatic N) is 2. The lowest BCUT2D eigenvalue weighted by atomic mass is 10.0. The summed E-state index contributed by atoms with van der Waals surface area (Å²) in [7, 11) is 0. The van der Waals surface area contributed by atoms with Gasteiger partial charge in [-0.25, -0.2) is 0 Å². The SMILES string of the molecule is CC(=O)CC(C)=N[C@@H](CO)[C@H](O)c1ccc([N+](=O)[O-])cc1. The highest BCUT2D eigenvalue weighted by molar-refractivity contribution is 5.99. The molecule has 0 aliphatic carbocycles. The van der Waals surface area contributed by atoms with Gasteiger partial charge in [0, 0.05) is 24.3 Å². The van der Waals surface area contributed by atoms with Crippen LogP contribution in [0.2, 0.25) is 0 Å². The quantitative estimate of drug-likeness (QED) is 0.448. The van der Waals surface area contributed by atoms with E-state index >= 15 is 0 Å². The van der Waals surface area contributed by atoms with E-state index in [-0.39, 0.29) is 17.9 Å². The minimum atomic E-state index is -1.10. The van der Waals surface area contributed by atoms with Crippen LogP contribution in [0.15, 0.2) is 29.3 Å². The Morgan fingerprint density at radius 1 is 1.33 bits per heavy atom. The van der Waals surface area contributed by atoms with Crippen molar-refractivity contribution in [3.8, 4) is 0 Å². The molecule has 0 saturated carbocycles. The summed E-state index contributed by atoms with van der Waals surface area (Å²) in [6.07, 6.45) is -0.943. The van der Waals surface area contributed by atoms with E-state index in [0.717, 1.165) is 0 Å². The van der Waals surface area contributed by atoms with E-state index in [4.69, 9.17) is 0 Å². The van der Waals surface area contributed by atoms with Gasteiger partial charge in [0.05, 0.1) is 11.5 Å². The average molecular weight is 294 g/mol. The first-order chi connectivity index (χ1) is 9.85. The Kier molecular flexibility index (Phi) is 6.13. The molecular weight excluding hydrogens is 276 g/mol. The normalized spacial score (nSPS) is 14.6. The molecule has 2 atom stereocenters. The third kappa shape index (κ3) is 5.05. The van der Waals surface area contributed by atoms with Gasteiger partial charge >= 0.3 is 0 Å².